The zero-order valence-electron chi connectivity index (χ0n) is 19.0. The maximum Gasteiger partial charge on any atom is 0.418 e. The Morgan fingerprint density at radius 1 is 0.919 bits per heavy atom. The van der Waals surface area contributed by atoms with E-state index in [1.54, 1.807) is 34.9 Å². The molecule has 0 spiro atoms. The molecule has 1 aromatic heterocycles. The molecule has 0 saturated carbocycles. The van der Waals surface area contributed by atoms with Crippen LogP contribution in [-0.2, 0) is 17.5 Å². The average molecular weight is 530 g/mol. The summed E-state index contributed by atoms with van der Waals surface area (Å²) >= 11 is 0.970. The average Bonchev–Trinajstić information content (AvgIpc) is 3.29. The lowest BCUT2D eigenvalue weighted by Gasteiger charge is -2.13. The topological polar surface area (TPSA) is 88.9 Å². The van der Waals surface area contributed by atoms with Gasteiger partial charge < -0.3 is 10.6 Å². The SMILES string of the molecule is O=C(CSc1nnc(CNC(=O)c2cccc(F)c2)n1-c1ccccc1)Nc1ccccc1C(F)(F)F. The minimum absolute atomic E-state index is 0.0526. The van der Waals surface area contributed by atoms with Gasteiger partial charge in [0, 0.05) is 11.3 Å². The number of nitrogens with zero attached hydrogens (tertiary/aromatic N) is 3. The highest BCUT2D eigenvalue weighted by Gasteiger charge is 2.33. The zero-order chi connectivity index (χ0) is 26.4. The van der Waals surface area contributed by atoms with Crippen molar-refractivity contribution in [3.63, 3.8) is 0 Å². The highest BCUT2D eigenvalue weighted by Crippen LogP contribution is 2.34. The number of amides is 2. The number of nitrogens with one attached hydrogen (secondary N) is 2. The van der Waals surface area contributed by atoms with Crippen LogP contribution in [0.25, 0.3) is 5.69 Å². The van der Waals surface area contributed by atoms with Crippen LogP contribution in [0.15, 0.2) is 84.0 Å². The number of aromatic nitrogens is 3. The molecule has 4 aromatic rings. The van der Waals surface area contributed by atoms with Crippen LogP contribution in [0.2, 0.25) is 0 Å². The number of benzene rings is 3. The number of carbonyl (C=O) groups is 2. The van der Waals surface area contributed by atoms with Crippen molar-refractivity contribution in [1.82, 2.24) is 20.1 Å². The van der Waals surface area contributed by atoms with Gasteiger partial charge in [0.05, 0.1) is 23.5 Å². The van der Waals surface area contributed by atoms with E-state index in [0.717, 1.165) is 23.9 Å². The van der Waals surface area contributed by atoms with Gasteiger partial charge in [0.1, 0.15) is 5.82 Å². The fraction of sp³-hybridized carbons (Fsp3) is 0.120. The summed E-state index contributed by atoms with van der Waals surface area (Å²) in [6.07, 6.45) is -4.62. The summed E-state index contributed by atoms with van der Waals surface area (Å²) in [5, 5.41) is 13.4. The van der Waals surface area contributed by atoms with Gasteiger partial charge in [0.2, 0.25) is 5.91 Å². The van der Waals surface area contributed by atoms with Crippen molar-refractivity contribution in [3.05, 3.63) is 102 Å². The maximum atomic E-state index is 13.4. The fourth-order valence-corrected chi connectivity index (χ4v) is 4.16. The molecule has 0 bridgehead atoms. The van der Waals surface area contributed by atoms with Crippen molar-refractivity contribution in [1.29, 1.82) is 0 Å². The minimum Gasteiger partial charge on any atom is -0.345 e. The smallest absolute Gasteiger partial charge is 0.345 e. The standard InChI is InChI=1S/C25H19F4N5O2S/c26-17-8-6-7-16(13-17)23(36)30-14-21-32-33-24(34(21)18-9-2-1-3-10-18)37-15-22(35)31-20-12-5-4-11-19(20)25(27,28)29/h1-13H,14-15H2,(H,30,36)(H,31,35). The number of rotatable bonds is 8. The van der Waals surface area contributed by atoms with Crippen molar-refractivity contribution in [3.8, 4) is 5.69 Å². The summed E-state index contributed by atoms with van der Waals surface area (Å²) in [6, 6.07) is 18.8. The molecule has 0 saturated heterocycles. The predicted molar refractivity (Wildman–Crippen MR) is 130 cm³/mol. The zero-order valence-corrected chi connectivity index (χ0v) is 19.8. The van der Waals surface area contributed by atoms with Gasteiger partial charge in [-0.15, -0.1) is 10.2 Å². The molecule has 0 aliphatic heterocycles. The Bertz CT molecular complexity index is 1410. The lowest BCUT2D eigenvalue weighted by molar-refractivity contribution is -0.137. The predicted octanol–water partition coefficient (Wildman–Crippen LogP) is 5.09. The molecule has 0 aliphatic carbocycles. The van der Waals surface area contributed by atoms with Crippen LogP contribution in [0.5, 0.6) is 0 Å². The van der Waals surface area contributed by atoms with Crippen LogP contribution in [0, 0.1) is 5.82 Å². The summed E-state index contributed by atoms with van der Waals surface area (Å²) < 4.78 is 54.7. The van der Waals surface area contributed by atoms with Gasteiger partial charge in [0.25, 0.3) is 5.91 Å². The second-order valence-corrected chi connectivity index (χ2v) is 8.59. The first-order valence-electron chi connectivity index (χ1n) is 10.8. The summed E-state index contributed by atoms with van der Waals surface area (Å²) in [5.74, 6) is -1.63. The van der Waals surface area contributed by atoms with E-state index in [2.05, 4.69) is 20.8 Å². The van der Waals surface area contributed by atoms with Gasteiger partial charge in [-0.3, -0.25) is 14.2 Å². The third-order valence-electron chi connectivity index (χ3n) is 5.05. The molecule has 12 heteroatoms. The highest BCUT2D eigenvalue weighted by atomic mass is 32.2. The number of halogens is 4. The van der Waals surface area contributed by atoms with Gasteiger partial charge in [-0.25, -0.2) is 4.39 Å². The lowest BCUT2D eigenvalue weighted by Crippen LogP contribution is -2.24. The number of hydrogen-bond donors (Lipinski definition) is 2. The number of hydrogen-bond acceptors (Lipinski definition) is 5. The molecule has 7 nitrogen and oxygen atoms in total. The Kier molecular flexibility index (Phi) is 7.87. The first-order chi connectivity index (χ1) is 17.7. The van der Waals surface area contributed by atoms with Crippen LogP contribution in [0.4, 0.5) is 23.2 Å². The molecule has 0 fully saturated rings. The fourth-order valence-electron chi connectivity index (χ4n) is 3.39. The van der Waals surface area contributed by atoms with Crippen LogP contribution >= 0.6 is 11.8 Å². The van der Waals surface area contributed by atoms with Gasteiger partial charge in [0.15, 0.2) is 11.0 Å². The molecule has 190 valence electrons. The molecule has 0 aliphatic rings. The Labute approximate surface area is 212 Å². The maximum absolute atomic E-state index is 13.4. The first-order valence-corrected chi connectivity index (χ1v) is 11.8. The van der Waals surface area contributed by atoms with Crippen LogP contribution in [0.3, 0.4) is 0 Å². The van der Waals surface area contributed by atoms with E-state index in [-0.39, 0.29) is 23.5 Å². The van der Waals surface area contributed by atoms with E-state index in [0.29, 0.717) is 16.7 Å². The molecule has 0 atom stereocenters. The van der Waals surface area contributed by atoms with E-state index in [9.17, 15) is 27.2 Å². The number of anilines is 1. The summed E-state index contributed by atoms with van der Waals surface area (Å²) in [5.41, 5.74) is -0.507. The van der Waals surface area contributed by atoms with Crippen molar-refractivity contribution >= 4 is 29.3 Å². The highest BCUT2D eigenvalue weighted by molar-refractivity contribution is 7.99. The van der Waals surface area contributed by atoms with Crippen LogP contribution in [0.1, 0.15) is 21.7 Å². The van der Waals surface area contributed by atoms with Gasteiger partial charge in [-0.2, -0.15) is 13.2 Å². The lowest BCUT2D eigenvalue weighted by atomic mass is 10.1. The van der Waals surface area contributed by atoms with Gasteiger partial charge in [-0.05, 0) is 42.5 Å². The number of para-hydroxylation sites is 2. The Hall–Kier alpha value is -4.19. The Balaban J connectivity index is 1.49. The van der Waals surface area contributed by atoms with Crippen LogP contribution < -0.4 is 10.6 Å². The van der Waals surface area contributed by atoms with Crippen molar-refractivity contribution in [2.45, 2.75) is 17.9 Å². The summed E-state index contributed by atoms with van der Waals surface area (Å²) in [6.45, 7) is -0.0526. The van der Waals surface area contributed by atoms with E-state index in [1.165, 1.54) is 36.4 Å². The second-order valence-electron chi connectivity index (χ2n) is 7.64. The number of alkyl halides is 3. The summed E-state index contributed by atoms with van der Waals surface area (Å²) in [4.78, 5) is 24.9. The molecule has 0 unspecified atom stereocenters. The van der Waals surface area contributed by atoms with E-state index in [1.807, 2.05) is 0 Å². The molecule has 1 heterocycles. The minimum atomic E-state index is -4.62. The Morgan fingerprint density at radius 3 is 2.38 bits per heavy atom. The quantitative estimate of drug-likeness (QED) is 0.245. The van der Waals surface area contributed by atoms with Crippen molar-refractivity contribution < 1.29 is 27.2 Å². The third-order valence-corrected chi connectivity index (χ3v) is 5.98. The van der Waals surface area contributed by atoms with E-state index >= 15 is 0 Å². The van der Waals surface area contributed by atoms with Crippen LogP contribution in [-0.4, -0.2) is 32.3 Å². The first kappa shape index (κ1) is 25.9. The molecule has 37 heavy (non-hydrogen) atoms. The van der Waals surface area contributed by atoms with Crippen molar-refractivity contribution in [2.75, 3.05) is 11.1 Å². The van der Waals surface area contributed by atoms with Gasteiger partial charge >= 0.3 is 6.18 Å². The van der Waals surface area contributed by atoms with Gasteiger partial charge in [-0.1, -0.05) is 48.2 Å². The van der Waals surface area contributed by atoms with Crippen molar-refractivity contribution in [2.24, 2.45) is 0 Å². The molecule has 3 aromatic carbocycles. The normalized spacial score (nSPS) is 11.2. The Morgan fingerprint density at radius 2 is 1.65 bits per heavy atom. The molecular weight excluding hydrogens is 510 g/mol. The second kappa shape index (κ2) is 11.2. The third kappa shape index (κ3) is 6.53. The van der Waals surface area contributed by atoms with E-state index in [4.69, 9.17) is 0 Å². The molecule has 2 amide bonds. The molecule has 4 rings (SSSR count). The summed E-state index contributed by atoms with van der Waals surface area (Å²) in [7, 11) is 0. The monoisotopic (exact) mass is 529 g/mol. The number of carbonyl (C=O) groups excluding carboxylic acids is 2. The largest absolute Gasteiger partial charge is 0.418 e. The van der Waals surface area contributed by atoms with E-state index < -0.39 is 29.4 Å². The molecule has 2 N–H and O–H groups in total. The number of thioether (sulfide) groups is 1. The molecular formula is C25H19F4N5O2S. The molecule has 0 radical (unpaired) electrons.